The number of amides is 1. The van der Waals surface area contributed by atoms with Crippen molar-refractivity contribution in [1.82, 2.24) is 5.32 Å². The fraction of sp³-hybridized carbons (Fsp3) is 0.462. The lowest BCUT2D eigenvalue weighted by atomic mass is 10.1. The third kappa shape index (κ3) is 3.66. The van der Waals surface area contributed by atoms with Crippen LogP contribution >= 0.6 is 0 Å². The number of benzene rings is 1. The van der Waals surface area contributed by atoms with Crippen LogP contribution in [0.15, 0.2) is 18.2 Å². The first kappa shape index (κ1) is 13.4. The standard InChI is InChI=1S/C13H21N3O/c1-4-9(3)16-12-8-10(6-7-11(12)14)13(17)15-5-2/h6-9,16H,4-5,14H2,1-3H3,(H,15,17). The van der Waals surface area contributed by atoms with Gasteiger partial charge in [-0.25, -0.2) is 0 Å². The van der Waals surface area contributed by atoms with Gasteiger partial charge < -0.3 is 16.4 Å². The summed E-state index contributed by atoms with van der Waals surface area (Å²) in [4.78, 5) is 11.7. The summed E-state index contributed by atoms with van der Waals surface area (Å²) < 4.78 is 0. The fourth-order valence-corrected chi connectivity index (χ4v) is 1.45. The normalized spacial score (nSPS) is 11.9. The molecule has 4 nitrogen and oxygen atoms in total. The Morgan fingerprint density at radius 1 is 1.41 bits per heavy atom. The van der Waals surface area contributed by atoms with Crippen LogP contribution in [0, 0.1) is 0 Å². The van der Waals surface area contributed by atoms with Gasteiger partial charge in [-0.1, -0.05) is 6.92 Å². The van der Waals surface area contributed by atoms with Crippen molar-refractivity contribution in [2.45, 2.75) is 33.2 Å². The van der Waals surface area contributed by atoms with E-state index in [0.29, 0.717) is 23.8 Å². The average Bonchev–Trinajstić information content (AvgIpc) is 2.32. The van der Waals surface area contributed by atoms with Gasteiger partial charge in [0, 0.05) is 18.2 Å². The molecular weight excluding hydrogens is 214 g/mol. The van der Waals surface area contributed by atoms with Crippen LogP contribution in [0.5, 0.6) is 0 Å². The molecule has 0 aromatic heterocycles. The zero-order chi connectivity index (χ0) is 12.8. The molecule has 0 heterocycles. The molecule has 0 saturated carbocycles. The number of hydrogen-bond donors (Lipinski definition) is 3. The molecule has 0 spiro atoms. The Morgan fingerprint density at radius 2 is 2.12 bits per heavy atom. The highest BCUT2D eigenvalue weighted by atomic mass is 16.1. The Kier molecular flexibility index (Phi) is 4.82. The molecule has 4 heteroatoms. The largest absolute Gasteiger partial charge is 0.397 e. The van der Waals surface area contributed by atoms with Crippen LogP contribution in [0.2, 0.25) is 0 Å². The highest BCUT2D eigenvalue weighted by molar-refractivity contribution is 5.96. The van der Waals surface area contributed by atoms with Gasteiger partial charge in [0.05, 0.1) is 11.4 Å². The summed E-state index contributed by atoms with van der Waals surface area (Å²) in [7, 11) is 0. The molecule has 4 N–H and O–H groups in total. The first-order valence-corrected chi connectivity index (χ1v) is 6.02. The second-order valence-electron chi connectivity index (χ2n) is 4.12. The molecule has 94 valence electrons. The summed E-state index contributed by atoms with van der Waals surface area (Å²) >= 11 is 0. The summed E-state index contributed by atoms with van der Waals surface area (Å²) in [5, 5.41) is 6.06. The second-order valence-corrected chi connectivity index (χ2v) is 4.12. The monoisotopic (exact) mass is 235 g/mol. The van der Waals surface area contributed by atoms with Gasteiger partial charge in [0.2, 0.25) is 0 Å². The molecule has 0 bridgehead atoms. The predicted octanol–water partition coefficient (Wildman–Crippen LogP) is 2.23. The average molecular weight is 235 g/mol. The van der Waals surface area contributed by atoms with Crippen LogP contribution in [-0.2, 0) is 0 Å². The Bertz CT molecular complexity index is 390. The Hall–Kier alpha value is -1.71. The minimum atomic E-state index is -0.0697. The van der Waals surface area contributed by atoms with Crippen molar-refractivity contribution >= 4 is 17.3 Å². The molecule has 1 amide bonds. The lowest BCUT2D eigenvalue weighted by Gasteiger charge is -2.16. The van der Waals surface area contributed by atoms with Crippen molar-refractivity contribution < 1.29 is 4.79 Å². The number of carbonyl (C=O) groups is 1. The summed E-state index contributed by atoms with van der Waals surface area (Å²) in [6, 6.07) is 5.63. The van der Waals surface area contributed by atoms with E-state index in [1.54, 1.807) is 18.2 Å². The Labute approximate surface area is 103 Å². The number of carbonyl (C=O) groups excluding carboxylic acids is 1. The number of anilines is 2. The van der Waals surface area contributed by atoms with E-state index in [9.17, 15) is 4.79 Å². The van der Waals surface area contributed by atoms with Gasteiger partial charge in [0.25, 0.3) is 5.91 Å². The first-order chi connectivity index (χ1) is 8.08. The molecule has 1 aromatic rings. The van der Waals surface area contributed by atoms with Crippen molar-refractivity contribution in [2.75, 3.05) is 17.6 Å². The van der Waals surface area contributed by atoms with Gasteiger partial charge in [-0.05, 0) is 38.5 Å². The van der Waals surface area contributed by atoms with Crippen molar-refractivity contribution in [1.29, 1.82) is 0 Å². The molecule has 1 aromatic carbocycles. The maximum atomic E-state index is 11.7. The molecule has 0 aliphatic rings. The van der Waals surface area contributed by atoms with Gasteiger partial charge in [-0.3, -0.25) is 4.79 Å². The highest BCUT2D eigenvalue weighted by Gasteiger charge is 2.08. The molecule has 0 aliphatic heterocycles. The second kappa shape index (κ2) is 6.13. The minimum Gasteiger partial charge on any atom is -0.397 e. The van der Waals surface area contributed by atoms with Crippen molar-refractivity contribution in [2.24, 2.45) is 0 Å². The minimum absolute atomic E-state index is 0.0697. The molecule has 1 unspecified atom stereocenters. The third-order valence-corrected chi connectivity index (χ3v) is 2.67. The predicted molar refractivity (Wildman–Crippen MR) is 72.2 cm³/mol. The van der Waals surface area contributed by atoms with Crippen molar-refractivity contribution in [3.05, 3.63) is 23.8 Å². The number of nitrogens with two attached hydrogens (primary N) is 1. The summed E-state index contributed by atoms with van der Waals surface area (Å²) in [5.41, 5.74) is 7.99. The van der Waals surface area contributed by atoms with E-state index >= 15 is 0 Å². The molecule has 17 heavy (non-hydrogen) atoms. The quantitative estimate of drug-likeness (QED) is 0.686. The van der Waals surface area contributed by atoms with Crippen molar-refractivity contribution in [3.8, 4) is 0 Å². The van der Waals surface area contributed by atoms with Crippen LogP contribution in [0.3, 0.4) is 0 Å². The molecule has 0 aliphatic carbocycles. The van der Waals surface area contributed by atoms with Gasteiger partial charge in [-0.15, -0.1) is 0 Å². The molecule has 0 saturated heterocycles. The summed E-state index contributed by atoms with van der Waals surface area (Å²) in [5.74, 6) is -0.0697. The maximum Gasteiger partial charge on any atom is 0.251 e. The zero-order valence-corrected chi connectivity index (χ0v) is 10.7. The third-order valence-electron chi connectivity index (χ3n) is 2.67. The van der Waals surface area contributed by atoms with Crippen LogP contribution in [0.1, 0.15) is 37.6 Å². The number of nitrogen functional groups attached to an aromatic ring is 1. The number of hydrogen-bond acceptors (Lipinski definition) is 3. The lowest BCUT2D eigenvalue weighted by Crippen LogP contribution is -2.23. The Balaban J connectivity index is 2.90. The van der Waals surface area contributed by atoms with E-state index in [1.807, 2.05) is 6.92 Å². The van der Waals surface area contributed by atoms with E-state index in [0.717, 1.165) is 12.1 Å². The van der Waals surface area contributed by atoms with Crippen LogP contribution < -0.4 is 16.4 Å². The van der Waals surface area contributed by atoms with E-state index in [4.69, 9.17) is 5.73 Å². The van der Waals surface area contributed by atoms with Crippen LogP contribution in [0.25, 0.3) is 0 Å². The van der Waals surface area contributed by atoms with Crippen molar-refractivity contribution in [3.63, 3.8) is 0 Å². The molecule has 0 radical (unpaired) electrons. The summed E-state index contributed by atoms with van der Waals surface area (Å²) in [6.07, 6.45) is 1.00. The SMILES string of the molecule is CCNC(=O)c1ccc(N)c(NC(C)CC)c1. The number of nitrogens with one attached hydrogen (secondary N) is 2. The van der Waals surface area contributed by atoms with E-state index in [-0.39, 0.29) is 5.91 Å². The van der Waals surface area contributed by atoms with Crippen LogP contribution in [-0.4, -0.2) is 18.5 Å². The summed E-state index contributed by atoms with van der Waals surface area (Å²) in [6.45, 7) is 6.70. The first-order valence-electron chi connectivity index (χ1n) is 6.02. The topological polar surface area (TPSA) is 67.2 Å². The van der Waals surface area contributed by atoms with Gasteiger partial charge >= 0.3 is 0 Å². The molecular formula is C13H21N3O. The fourth-order valence-electron chi connectivity index (χ4n) is 1.45. The van der Waals surface area contributed by atoms with Gasteiger partial charge in [-0.2, -0.15) is 0 Å². The highest BCUT2D eigenvalue weighted by Crippen LogP contribution is 2.21. The maximum absolute atomic E-state index is 11.7. The Morgan fingerprint density at radius 3 is 2.71 bits per heavy atom. The van der Waals surface area contributed by atoms with E-state index < -0.39 is 0 Å². The van der Waals surface area contributed by atoms with Gasteiger partial charge in [0.1, 0.15) is 0 Å². The van der Waals surface area contributed by atoms with Gasteiger partial charge in [0.15, 0.2) is 0 Å². The lowest BCUT2D eigenvalue weighted by molar-refractivity contribution is 0.0956. The smallest absolute Gasteiger partial charge is 0.251 e. The van der Waals surface area contributed by atoms with Crippen LogP contribution in [0.4, 0.5) is 11.4 Å². The zero-order valence-electron chi connectivity index (χ0n) is 10.7. The molecule has 0 fully saturated rings. The number of rotatable bonds is 5. The molecule has 1 rings (SSSR count). The molecule has 1 atom stereocenters. The van der Waals surface area contributed by atoms with E-state index in [2.05, 4.69) is 24.5 Å². The van der Waals surface area contributed by atoms with E-state index in [1.165, 1.54) is 0 Å².